The molecule has 0 bridgehead atoms. The van der Waals surface area contributed by atoms with E-state index in [0.29, 0.717) is 22.5 Å². The highest BCUT2D eigenvalue weighted by Gasteiger charge is 2.30. The van der Waals surface area contributed by atoms with Crippen LogP contribution in [0, 0.1) is 0 Å². The van der Waals surface area contributed by atoms with E-state index in [0.717, 1.165) is 12.1 Å². The molecule has 0 aliphatic rings. The summed E-state index contributed by atoms with van der Waals surface area (Å²) in [6.07, 6.45) is -1.13. The molecule has 0 aliphatic heterocycles. The van der Waals surface area contributed by atoms with Crippen molar-refractivity contribution < 1.29 is 21.6 Å². The lowest BCUT2D eigenvalue weighted by atomic mass is 10.0. The summed E-state index contributed by atoms with van der Waals surface area (Å²) in [4.78, 5) is 4.34. The predicted molar refractivity (Wildman–Crippen MR) is 108 cm³/mol. The standard InChI is InChI=1S/C20H21F3N4O2S/c1-13(14-5-4-6-15(9-14)20(21,22)23)26-18-8-7-16(30(28,29)24-2)10-17(18)19-11-27(3)12-25-19/h4-13,24,26H,1-3H3/t13-/m1/s1. The Labute approximate surface area is 172 Å². The van der Waals surface area contributed by atoms with E-state index in [-0.39, 0.29) is 4.90 Å². The maximum absolute atomic E-state index is 13.0. The monoisotopic (exact) mass is 438 g/mol. The molecule has 3 rings (SSSR count). The fraction of sp³-hybridized carbons (Fsp3) is 0.250. The number of alkyl halides is 3. The summed E-state index contributed by atoms with van der Waals surface area (Å²) < 4.78 is 67.5. The highest BCUT2D eigenvalue weighted by molar-refractivity contribution is 7.89. The van der Waals surface area contributed by atoms with E-state index >= 15 is 0 Å². The smallest absolute Gasteiger partial charge is 0.378 e. The molecule has 30 heavy (non-hydrogen) atoms. The molecule has 160 valence electrons. The third-order valence-corrected chi connectivity index (χ3v) is 6.05. The second kappa shape index (κ2) is 8.11. The van der Waals surface area contributed by atoms with Crippen molar-refractivity contribution in [2.24, 2.45) is 7.05 Å². The van der Waals surface area contributed by atoms with Crippen molar-refractivity contribution in [1.82, 2.24) is 14.3 Å². The largest absolute Gasteiger partial charge is 0.416 e. The minimum absolute atomic E-state index is 0.0583. The van der Waals surface area contributed by atoms with Crippen molar-refractivity contribution in [3.8, 4) is 11.3 Å². The van der Waals surface area contributed by atoms with Crippen molar-refractivity contribution in [1.29, 1.82) is 0 Å². The molecular formula is C20H21F3N4O2S. The maximum Gasteiger partial charge on any atom is 0.416 e. The van der Waals surface area contributed by atoms with Gasteiger partial charge in [-0.05, 0) is 49.9 Å². The van der Waals surface area contributed by atoms with Gasteiger partial charge < -0.3 is 9.88 Å². The number of hydrogen-bond donors (Lipinski definition) is 2. The van der Waals surface area contributed by atoms with Crippen LogP contribution in [-0.2, 0) is 23.2 Å². The molecule has 0 amide bonds. The zero-order valence-corrected chi connectivity index (χ0v) is 17.3. The Morgan fingerprint density at radius 1 is 1.13 bits per heavy atom. The van der Waals surface area contributed by atoms with Crippen LogP contribution in [0.4, 0.5) is 18.9 Å². The van der Waals surface area contributed by atoms with Crippen LogP contribution in [0.3, 0.4) is 0 Å². The first-order valence-electron chi connectivity index (χ1n) is 9.01. The molecule has 2 N–H and O–H groups in total. The van der Waals surface area contributed by atoms with E-state index in [2.05, 4.69) is 15.0 Å². The molecule has 1 heterocycles. The summed E-state index contributed by atoms with van der Waals surface area (Å²) in [7, 11) is -0.581. The van der Waals surface area contributed by atoms with Crippen LogP contribution in [0.5, 0.6) is 0 Å². The number of nitrogens with one attached hydrogen (secondary N) is 2. The Bertz CT molecular complexity index is 1160. The molecule has 2 aromatic carbocycles. The van der Waals surface area contributed by atoms with Crippen molar-refractivity contribution >= 4 is 15.7 Å². The lowest BCUT2D eigenvalue weighted by molar-refractivity contribution is -0.137. The number of hydrogen-bond acceptors (Lipinski definition) is 4. The van der Waals surface area contributed by atoms with E-state index < -0.39 is 27.8 Å². The van der Waals surface area contributed by atoms with Crippen molar-refractivity contribution in [2.45, 2.75) is 24.0 Å². The Hall–Kier alpha value is -2.85. The summed E-state index contributed by atoms with van der Waals surface area (Å²) >= 11 is 0. The average molecular weight is 438 g/mol. The molecule has 1 aromatic heterocycles. The van der Waals surface area contributed by atoms with E-state index in [1.54, 1.807) is 43.2 Å². The fourth-order valence-corrected chi connectivity index (χ4v) is 3.75. The van der Waals surface area contributed by atoms with Crippen LogP contribution in [0.2, 0.25) is 0 Å². The van der Waals surface area contributed by atoms with Crippen LogP contribution >= 0.6 is 0 Å². The lowest BCUT2D eigenvalue weighted by Gasteiger charge is -2.20. The molecule has 1 atom stereocenters. The molecular weight excluding hydrogens is 417 g/mol. The first-order chi connectivity index (χ1) is 14.0. The number of halogens is 3. The number of aromatic nitrogens is 2. The van der Waals surface area contributed by atoms with Gasteiger partial charge in [0, 0.05) is 30.5 Å². The summed E-state index contributed by atoms with van der Waals surface area (Å²) in [6.45, 7) is 1.73. The zero-order chi connectivity index (χ0) is 22.1. The number of aryl methyl sites for hydroxylation is 1. The average Bonchev–Trinajstić information content (AvgIpc) is 3.13. The quantitative estimate of drug-likeness (QED) is 0.605. The molecule has 0 aliphatic carbocycles. The molecule has 0 saturated carbocycles. The van der Waals surface area contributed by atoms with Gasteiger partial charge in [-0.3, -0.25) is 0 Å². The van der Waals surface area contributed by atoms with Gasteiger partial charge in [-0.25, -0.2) is 18.1 Å². The van der Waals surface area contributed by atoms with Crippen molar-refractivity contribution in [3.05, 3.63) is 66.1 Å². The second-order valence-electron chi connectivity index (χ2n) is 6.83. The molecule has 0 fully saturated rings. The van der Waals surface area contributed by atoms with E-state index in [4.69, 9.17) is 0 Å². The maximum atomic E-state index is 13.0. The lowest BCUT2D eigenvalue weighted by Crippen LogP contribution is -2.18. The first-order valence-corrected chi connectivity index (χ1v) is 10.5. The number of nitrogens with zero attached hydrogens (tertiary/aromatic N) is 2. The predicted octanol–water partition coefficient (Wildman–Crippen LogP) is 4.19. The van der Waals surface area contributed by atoms with Gasteiger partial charge in [0.25, 0.3) is 0 Å². The van der Waals surface area contributed by atoms with Gasteiger partial charge in [-0.1, -0.05) is 12.1 Å². The minimum Gasteiger partial charge on any atom is -0.378 e. The topological polar surface area (TPSA) is 76.0 Å². The fourth-order valence-electron chi connectivity index (χ4n) is 3.00. The van der Waals surface area contributed by atoms with Crippen LogP contribution in [0.25, 0.3) is 11.3 Å². The van der Waals surface area contributed by atoms with Gasteiger partial charge >= 0.3 is 6.18 Å². The van der Waals surface area contributed by atoms with Crippen molar-refractivity contribution in [2.75, 3.05) is 12.4 Å². The Morgan fingerprint density at radius 2 is 1.87 bits per heavy atom. The second-order valence-corrected chi connectivity index (χ2v) is 8.72. The van der Waals surface area contributed by atoms with Crippen LogP contribution in [-0.4, -0.2) is 25.0 Å². The number of sulfonamides is 1. The van der Waals surface area contributed by atoms with E-state index in [1.807, 2.05) is 0 Å². The number of imidazole rings is 1. The molecule has 10 heteroatoms. The van der Waals surface area contributed by atoms with Crippen LogP contribution < -0.4 is 10.0 Å². The molecule has 3 aromatic rings. The molecule has 0 spiro atoms. The SMILES string of the molecule is CNS(=O)(=O)c1ccc(N[C@H](C)c2cccc(C(F)(F)F)c2)c(-c2cn(C)cn2)c1. The summed E-state index contributed by atoms with van der Waals surface area (Å²) in [5.41, 5.74) is 1.32. The van der Waals surface area contributed by atoms with Gasteiger partial charge in [0.1, 0.15) is 0 Å². The van der Waals surface area contributed by atoms with Gasteiger partial charge in [0.2, 0.25) is 10.0 Å². The van der Waals surface area contributed by atoms with Gasteiger partial charge in [0.15, 0.2) is 0 Å². The van der Waals surface area contributed by atoms with Gasteiger partial charge in [0.05, 0.1) is 22.5 Å². The van der Waals surface area contributed by atoms with Crippen LogP contribution in [0.1, 0.15) is 24.1 Å². The van der Waals surface area contributed by atoms with E-state index in [9.17, 15) is 21.6 Å². The number of benzene rings is 2. The molecule has 0 saturated heterocycles. The summed E-state index contributed by atoms with van der Waals surface area (Å²) in [5.74, 6) is 0. The van der Waals surface area contributed by atoms with Crippen LogP contribution in [0.15, 0.2) is 59.9 Å². The first kappa shape index (κ1) is 21.8. The number of rotatable bonds is 6. The number of anilines is 1. The Morgan fingerprint density at radius 3 is 2.47 bits per heavy atom. The third-order valence-electron chi connectivity index (χ3n) is 4.64. The zero-order valence-electron chi connectivity index (χ0n) is 16.5. The summed E-state index contributed by atoms with van der Waals surface area (Å²) in [5, 5.41) is 3.18. The minimum atomic E-state index is -4.43. The van der Waals surface area contributed by atoms with Gasteiger partial charge in [-0.15, -0.1) is 0 Å². The van der Waals surface area contributed by atoms with E-state index in [1.165, 1.54) is 25.2 Å². The molecule has 0 radical (unpaired) electrons. The Balaban J connectivity index is 2.01. The third kappa shape index (κ3) is 4.65. The molecule has 6 nitrogen and oxygen atoms in total. The highest BCUT2D eigenvalue weighted by Crippen LogP contribution is 2.34. The summed E-state index contributed by atoms with van der Waals surface area (Å²) in [6, 6.07) is 9.10. The van der Waals surface area contributed by atoms with Crippen molar-refractivity contribution in [3.63, 3.8) is 0 Å². The molecule has 0 unspecified atom stereocenters. The normalized spacial score (nSPS) is 13.3. The Kier molecular flexibility index (Phi) is 5.91. The highest BCUT2D eigenvalue weighted by atomic mass is 32.2. The van der Waals surface area contributed by atoms with Gasteiger partial charge in [-0.2, -0.15) is 13.2 Å².